The maximum atomic E-state index is 12.2. The van der Waals surface area contributed by atoms with Crippen molar-refractivity contribution in [3.05, 3.63) is 0 Å². The van der Waals surface area contributed by atoms with Crippen LogP contribution in [-0.2, 0) is 19.2 Å². The number of nitrogens with two attached hydrogens (primary N) is 2. The fourth-order valence-electron chi connectivity index (χ4n) is 1.68. The molecule has 0 saturated heterocycles. The van der Waals surface area contributed by atoms with Crippen LogP contribution in [0.4, 0.5) is 0 Å². The van der Waals surface area contributed by atoms with Gasteiger partial charge in [-0.15, -0.1) is 0 Å². The average molecular weight is 348 g/mol. The van der Waals surface area contributed by atoms with Crippen molar-refractivity contribution in [3.63, 3.8) is 0 Å². The molecule has 0 rings (SSSR count). The number of carbonyl (C=O) groups is 4. The molecule has 7 N–H and O–H groups in total. The van der Waals surface area contributed by atoms with Crippen molar-refractivity contribution >= 4 is 36.3 Å². The number of carboxylic acid groups (broad SMARTS) is 1. The number of rotatable bonds is 10. The molecule has 3 amide bonds. The Balaban J connectivity index is 4.91. The summed E-state index contributed by atoms with van der Waals surface area (Å²) in [6.45, 7) is 3.38. The van der Waals surface area contributed by atoms with Gasteiger partial charge in [-0.3, -0.25) is 14.4 Å². The van der Waals surface area contributed by atoms with Gasteiger partial charge in [-0.2, -0.15) is 12.6 Å². The Labute approximate surface area is 139 Å². The second-order valence-electron chi connectivity index (χ2n) is 5.42. The Hall–Kier alpha value is -1.81. The summed E-state index contributed by atoms with van der Waals surface area (Å²) in [6.07, 6.45) is -0.314. The van der Waals surface area contributed by atoms with E-state index in [1.165, 1.54) is 0 Å². The van der Waals surface area contributed by atoms with E-state index in [0.717, 1.165) is 0 Å². The van der Waals surface area contributed by atoms with Crippen molar-refractivity contribution in [1.29, 1.82) is 0 Å². The first kappa shape index (κ1) is 21.2. The summed E-state index contributed by atoms with van der Waals surface area (Å²) in [4.78, 5) is 45.9. The SMILES string of the molecule is CC(C)[C@@H](NC(=O)[C@@H](N)CS)C(=O)N[C@@H](CCC(N)=O)C(=O)O. The highest BCUT2D eigenvalue weighted by atomic mass is 32.1. The monoisotopic (exact) mass is 348 g/mol. The Kier molecular flexibility index (Phi) is 9.27. The van der Waals surface area contributed by atoms with Gasteiger partial charge >= 0.3 is 5.97 Å². The minimum Gasteiger partial charge on any atom is -0.480 e. The van der Waals surface area contributed by atoms with Crippen LogP contribution in [0.1, 0.15) is 26.7 Å². The van der Waals surface area contributed by atoms with Crippen molar-refractivity contribution < 1.29 is 24.3 Å². The zero-order chi connectivity index (χ0) is 18.2. The van der Waals surface area contributed by atoms with Crippen LogP contribution in [0.3, 0.4) is 0 Å². The number of hydrogen-bond acceptors (Lipinski definition) is 6. The fraction of sp³-hybridized carbons (Fsp3) is 0.692. The van der Waals surface area contributed by atoms with Gasteiger partial charge in [-0.25, -0.2) is 4.79 Å². The molecule has 0 aromatic carbocycles. The Morgan fingerprint density at radius 2 is 1.70 bits per heavy atom. The van der Waals surface area contributed by atoms with Gasteiger partial charge in [0.25, 0.3) is 0 Å². The van der Waals surface area contributed by atoms with Gasteiger partial charge in [0.2, 0.25) is 17.7 Å². The van der Waals surface area contributed by atoms with Crippen molar-refractivity contribution in [2.24, 2.45) is 17.4 Å². The third-order valence-electron chi connectivity index (χ3n) is 3.07. The molecule has 0 radical (unpaired) electrons. The van der Waals surface area contributed by atoms with E-state index < -0.39 is 41.8 Å². The van der Waals surface area contributed by atoms with E-state index in [2.05, 4.69) is 23.3 Å². The molecule has 0 saturated carbocycles. The molecule has 0 aliphatic rings. The third kappa shape index (κ3) is 7.84. The van der Waals surface area contributed by atoms with Crippen LogP contribution in [0.15, 0.2) is 0 Å². The van der Waals surface area contributed by atoms with Crippen LogP contribution in [0.25, 0.3) is 0 Å². The molecule has 0 bridgehead atoms. The van der Waals surface area contributed by atoms with Crippen LogP contribution in [0.2, 0.25) is 0 Å². The topological polar surface area (TPSA) is 165 Å². The number of amides is 3. The zero-order valence-electron chi connectivity index (χ0n) is 13.1. The number of carboxylic acids is 1. The van der Waals surface area contributed by atoms with Crippen molar-refractivity contribution in [2.45, 2.75) is 44.8 Å². The third-order valence-corrected chi connectivity index (χ3v) is 3.47. The van der Waals surface area contributed by atoms with Crippen molar-refractivity contribution in [2.75, 3.05) is 5.75 Å². The van der Waals surface area contributed by atoms with Gasteiger partial charge in [0.05, 0.1) is 6.04 Å². The molecule has 0 spiro atoms. The lowest BCUT2D eigenvalue weighted by Gasteiger charge is -2.25. The predicted octanol–water partition coefficient (Wildman–Crippen LogP) is -1.78. The molecule has 23 heavy (non-hydrogen) atoms. The number of primary amides is 1. The van der Waals surface area contributed by atoms with E-state index >= 15 is 0 Å². The molecule has 132 valence electrons. The van der Waals surface area contributed by atoms with Crippen LogP contribution >= 0.6 is 12.6 Å². The lowest BCUT2D eigenvalue weighted by molar-refractivity contribution is -0.142. The van der Waals surface area contributed by atoms with E-state index in [0.29, 0.717) is 0 Å². The molecular formula is C13H24N4O5S. The highest BCUT2D eigenvalue weighted by molar-refractivity contribution is 7.80. The second-order valence-corrected chi connectivity index (χ2v) is 5.79. The Morgan fingerprint density at radius 3 is 2.09 bits per heavy atom. The summed E-state index contributed by atoms with van der Waals surface area (Å²) in [5, 5.41) is 13.8. The smallest absolute Gasteiger partial charge is 0.326 e. The van der Waals surface area contributed by atoms with Gasteiger partial charge in [0.15, 0.2) is 0 Å². The maximum absolute atomic E-state index is 12.2. The van der Waals surface area contributed by atoms with Crippen LogP contribution in [-0.4, -0.2) is 52.7 Å². The van der Waals surface area contributed by atoms with Crippen molar-refractivity contribution in [3.8, 4) is 0 Å². The molecule has 0 aliphatic heterocycles. The highest BCUT2D eigenvalue weighted by Gasteiger charge is 2.29. The number of carbonyl (C=O) groups excluding carboxylic acids is 3. The lowest BCUT2D eigenvalue weighted by Crippen LogP contribution is -2.56. The summed E-state index contributed by atoms with van der Waals surface area (Å²) >= 11 is 3.90. The molecule has 10 heteroatoms. The van der Waals surface area contributed by atoms with Gasteiger partial charge < -0.3 is 27.2 Å². The summed E-state index contributed by atoms with van der Waals surface area (Å²) < 4.78 is 0. The maximum Gasteiger partial charge on any atom is 0.326 e. The standard InChI is InChI=1S/C13H24N4O5S/c1-6(2)10(17-11(19)7(14)5-23)12(20)16-8(13(21)22)3-4-9(15)18/h6-8,10,23H,3-5,14H2,1-2H3,(H2,15,18)(H,16,20)(H,17,19)(H,21,22)/t7-,8-,10+/m0/s1. The molecular weight excluding hydrogens is 324 g/mol. The molecule has 0 fully saturated rings. The minimum atomic E-state index is -1.29. The zero-order valence-corrected chi connectivity index (χ0v) is 14.0. The Bertz CT molecular complexity index is 458. The second kappa shape index (κ2) is 10.1. The minimum absolute atomic E-state index is 0.106. The fourth-order valence-corrected chi connectivity index (χ4v) is 1.85. The van der Waals surface area contributed by atoms with Gasteiger partial charge in [0, 0.05) is 12.2 Å². The van der Waals surface area contributed by atoms with Crippen LogP contribution in [0, 0.1) is 5.92 Å². The lowest BCUT2D eigenvalue weighted by atomic mass is 10.0. The number of nitrogens with one attached hydrogen (secondary N) is 2. The van der Waals surface area contributed by atoms with E-state index in [1.807, 2.05) is 0 Å². The van der Waals surface area contributed by atoms with Crippen LogP contribution in [0.5, 0.6) is 0 Å². The summed E-state index contributed by atoms with van der Waals surface area (Å²) in [5.74, 6) is -3.38. The quantitative estimate of drug-likeness (QED) is 0.255. The molecule has 0 unspecified atom stereocenters. The number of hydrogen-bond donors (Lipinski definition) is 6. The number of thiol groups is 1. The average Bonchev–Trinajstić information content (AvgIpc) is 2.46. The molecule has 0 heterocycles. The summed E-state index contributed by atoms with van der Waals surface area (Å²) in [7, 11) is 0. The highest BCUT2D eigenvalue weighted by Crippen LogP contribution is 2.05. The summed E-state index contributed by atoms with van der Waals surface area (Å²) in [6, 6.07) is -3.10. The molecule has 3 atom stereocenters. The first-order chi connectivity index (χ1) is 10.6. The number of aliphatic carboxylic acids is 1. The molecule has 0 aromatic rings. The first-order valence-electron chi connectivity index (χ1n) is 7.08. The van der Waals surface area contributed by atoms with Gasteiger partial charge in [0.1, 0.15) is 12.1 Å². The largest absolute Gasteiger partial charge is 0.480 e. The molecule has 0 aromatic heterocycles. The normalized spacial score (nSPS) is 14.7. The Morgan fingerprint density at radius 1 is 1.13 bits per heavy atom. The van der Waals surface area contributed by atoms with Crippen molar-refractivity contribution in [1.82, 2.24) is 10.6 Å². The van der Waals surface area contributed by atoms with Gasteiger partial charge in [-0.1, -0.05) is 13.8 Å². The van der Waals surface area contributed by atoms with E-state index in [-0.39, 0.29) is 24.5 Å². The van der Waals surface area contributed by atoms with Gasteiger partial charge in [-0.05, 0) is 12.3 Å². The molecule has 0 aliphatic carbocycles. The predicted molar refractivity (Wildman–Crippen MR) is 86.6 cm³/mol. The first-order valence-corrected chi connectivity index (χ1v) is 7.71. The molecule has 9 nitrogen and oxygen atoms in total. The van der Waals surface area contributed by atoms with E-state index in [9.17, 15) is 19.2 Å². The van der Waals surface area contributed by atoms with Crippen LogP contribution < -0.4 is 22.1 Å². The van der Waals surface area contributed by atoms with E-state index in [4.69, 9.17) is 16.6 Å². The summed E-state index contributed by atoms with van der Waals surface area (Å²) in [5.41, 5.74) is 10.5. The van der Waals surface area contributed by atoms with E-state index in [1.54, 1.807) is 13.8 Å².